The average Bonchev–Trinajstić information content (AvgIpc) is 2.74. The van der Waals surface area contributed by atoms with E-state index in [1.807, 2.05) is 16.8 Å². The Balaban J connectivity index is 1.71. The van der Waals surface area contributed by atoms with Gasteiger partial charge in [-0.25, -0.2) is 5.43 Å². The molecule has 2 heterocycles. The molecule has 1 saturated heterocycles. The molecule has 4 nitrogen and oxygen atoms in total. The maximum absolute atomic E-state index is 11.7. The van der Waals surface area contributed by atoms with Crippen molar-refractivity contribution in [2.75, 3.05) is 19.6 Å². The van der Waals surface area contributed by atoms with Crippen molar-refractivity contribution >= 4 is 23.5 Å². The molecule has 5 heteroatoms. The van der Waals surface area contributed by atoms with Crippen molar-refractivity contribution in [1.29, 1.82) is 0 Å². The minimum atomic E-state index is -0.0246. The summed E-state index contributed by atoms with van der Waals surface area (Å²) < 4.78 is 0. The summed E-state index contributed by atoms with van der Waals surface area (Å²) in [6.45, 7) is 2.52. The summed E-state index contributed by atoms with van der Waals surface area (Å²) in [5.41, 5.74) is 3.61. The zero-order valence-electron chi connectivity index (χ0n) is 10.5. The number of hydrogen-bond donors (Lipinski definition) is 1. The minimum Gasteiger partial charge on any atom is -0.294 e. The highest BCUT2D eigenvalue weighted by molar-refractivity contribution is 7.08. The highest BCUT2D eigenvalue weighted by Gasteiger charge is 2.12. The summed E-state index contributed by atoms with van der Waals surface area (Å²) in [6.07, 6.45) is 6.65. The SMILES string of the molecule is O=C(CN1CCCCCC1)NN=Cc1ccsc1. The molecule has 0 atom stereocenters. The molecule has 0 spiro atoms. The van der Waals surface area contributed by atoms with E-state index in [9.17, 15) is 4.79 Å². The number of likely N-dealkylation sites (tertiary alicyclic amines) is 1. The summed E-state index contributed by atoms with van der Waals surface area (Å²) in [7, 11) is 0. The number of nitrogens with one attached hydrogen (secondary N) is 1. The molecule has 0 aromatic carbocycles. The molecule has 1 N–H and O–H groups in total. The van der Waals surface area contributed by atoms with Crippen LogP contribution in [0, 0.1) is 0 Å². The van der Waals surface area contributed by atoms with Crippen molar-refractivity contribution in [2.24, 2.45) is 5.10 Å². The summed E-state index contributed by atoms with van der Waals surface area (Å²) in [4.78, 5) is 13.9. The van der Waals surface area contributed by atoms with E-state index in [2.05, 4.69) is 15.4 Å². The van der Waals surface area contributed by atoms with Crippen molar-refractivity contribution in [3.63, 3.8) is 0 Å². The first-order valence-electron chi connectivity index (χ1n) is 6.41. The molecule has 1 aromatic rings. The molecule has 0 radical (unpaired) electrons. The number of hydrazone groups is 1. The van der Waals surface area contributed by atoms with Gasteiger partial charge in [-0.3, -0.25) is 9.69 Å². The first kappa shape index (κ1) is 13.2. The zero-order chi connectivity index (χ0) is 12.6. The van der Waals surface area contributed by atoms with Gasteiger partial charge in [0.15, 0.2) is 0 Å². The minimum absolute atomic E-state index is 0.0246. The van der Waals surface area contributed by atoms with Crippen molar-refractivity contribution in [3.05, 3.63) is 22.4 Å². The van der Waals surface area contributed by atoms with Crippen LogP contribution in [0.25, 0.3) is 0 Å². The molecular formula is C13H19N3OS. The highest BCUT2D eigenvalue weighted by Crippen LogP contribution is 2.08. The van der Waals surface area contributed by atoms with Crippen molar-refractivity contribution in [2.45, 2.75) is 25.7 Å². The van der Waals surface area contributed by atoms with E-state index in [0.717, 1.165) is 18.7 Å². The van der Waals surface area contributed by atoms with Crippen LogP contribution >= 0.6 is 11.3 Å². The number of hydrogen-bond acceptors (Lipinski definition) is 4. The Kier molecular flexibility index (Phi) is 5.36. The standard InChI is InChI=1S/C13H19N3OS/c17-13(10-16-6-3-1-2-4-7-16)15-14-9-12-5-8-18-11-12/h5,8-9,11H,1-4,6-7,10H2,(H,15,17). The van der Waals surface area contributed by atoms with Crippen LogP contribution in [0.4, 0.5) is 0 Å². The molecule has 98 valence electrons. The van der Waals surface area contributed by atoms with Crippen molar-refractivity contribution in [3.8, 4) is 0 Å². The van der Waals surface area contributed by atoms with E-state index >= 15 is 0 Å². The van der Waals surface area contributed by atoms with E-state index < -0.39 is 0 Å². The fourth-order valence-corrected chi connectivity index (χ4v) is 2.67. The maximum atomic E-state index is 11.7. The van der Waals surface area contributed by atoms with Crippen LogP contribution in [0.5, 0.6) is 0 Å². The van der Waals surface area contributed by atoms with Gasteiger partial charge in [-0.1, -0.05) is 12.8 Å². The molecule has 1 fully saturated rings. The molecule has 0 saturated carbocycles. The summed E-state index contributed by atoms with van der Waals surface area (Å²) >= 11 is 1.62. The Morgan fingerprint density at radius 3 is 2.83 bits per heavy atom. The summed E-state index contributed by atoms with van der Waals surface area (Å²) in [5.74, 6) is -0.0246. The Morgan fingerprint density at radius 2 is 2.17 bits per heavy atom. The number of rotatable bonds is 4. The van der Waals surface area contributed by atoms with Gasteiger partial charge in [0.25, 0.3) is 5.91 Å². The Morgan fingerprint density at radius 1 is 1.39 bits per heavy atom. The molecule has 0 unspecified atom stereocenters. The lowest BCUT2D eigenvalue weighted by Gasteiger charge is -2.17. The number of nitrogens with zero attached hydrogens (tertiary/aromatic N) is 2. The third-order valence-electron chi connectivity index (χ3n) is 3.01. The van der Waals surface area contributed by atoms with Crippen molar-refractivity contribution in [1.82, 2.24) is 10.3 Å². The van der Waals surface area contributed by atoms with Crippen LogP contribution in [-0.2, 0) is 4.79 Å². The largest absolute Gasteiger partial charge is 0.294 e. The van der Waals surface area contributed by atoms with Crippen LogP contribution in [0.2, 0.25) is 0 Å². The van der Waals surface area contributed by atoms with Gasteiger partial charge in [0, 0.05) is 5.56 Å². The van der Waals surface area contributed by atoms with Gasteiger partial charge >= 0.3 is 0 Å². The second kappa shape index (κ2) is 7.28. The number of thiophene rings is 1. The van der Waals surface area contributed by atoms with E-state index in [1.165, 1.54) is 25.7 Å². The van der Waals surface area contributed by atoms with Gasteiger partial charge in [0.05, 0.1) is 12.8 Å². The normalized spacial score (nSPS) is 17.8. The predicted molar refractivity (Wildman–Crippen MR) is 75.0 cm³/mol. The number of carbonyl (C=O) groups is 1. The number of amides is 1. The van der Waals surface area contributed by atoms with E-state index in [-0.39, 0.29) is 5.91 Å². The molecule has 0 bridgehead atoms. The van der Waals surface area contributed by atoms with Crippen LogP contribution in [0.15, 0.2) is 21.9 Å². The molecular weight excluding hydrogens is 246 g/mol. The maximum Gasteiger partial charge on any atom is 0.254 e. The molecule has 1 aliphatic heterocycles. The lowest BCUT2D eigenvalue weighted by molar-refractivity contribution is -0.122. The lowest BCUT2D eigenvalue weighted by Crippen LogP contribution is -2.35. The molecule has 0 aliphatic carbocycles. The average molecular weight is 265 g/mol. The molecule has 2 rings (SSSR count). The molecule has 18 heavy (non-hydrogen) atoms. The van der Waals surface area contributed by atoms with Crippen molar-refractivity contribution < 1.29 is 4.79 Å². The molecule has 1 aromatic heterocycles. The van der Waals surface area contributed by atoms with Crippen LogP contribution in [0.3, 0.4) is 0 Å². The lowest BCUT2D eigenvalue weighted by atomic mass is 10.2. The smallest absolute Gasteiger partial charge is 0.254 e. The van der Waals surface area contributed by atoms with Gasteiger partial charge in [-0.2, -0.15) is 16.4 Å². The number of carbonyl (C=O) groups excluding carboxylic acids is 1. The fraction of sp³-hybridized carbons (Fsp3) is 0.538. The van der Waals surface area contributed by atoms with Crippen LogP contribution in [0.1, 0.15) is 31.2 Å². The second-order valence-electron chi connectivity index (χ2n) is 4.54. The van der Waals surface area contributed by atoms with E-state index in [0.29, 0.717) is 6.54 Å². The second-order valence-corrected chi connectivity index (χ2v) is 5.32. The Hall–Kier alpha value is -1.20. The third kappa shape index (κ3) is 4.58. The summed E-state index contributed by atoms with van der Waals surface area (Å²) in [6, 6.07) is 1.97. The van der Waals surface area contributed by atoms with Gasteiger partial charge < -0.3 is 0 Å². The van der Waals surface area contributed by atoms with Gasteiger partial charge in [-0.05, 0) is 42.8 Å². The third-order valence-corrected chi connectivity index (χ3v) is 3.71. The van der Waals surface area contributed by atoms with Gasteiger partial charge in [0.1, 0.15) is 0 Å². The molecule has 1 aliphatic rings. The fourth-order valence-electron chi connectivity index (χ4n) is 2.06. The Bertz CT molecular complexity index is 381. The first-order valence-corrected chi connectivity index (χ1v) is 7.35. The first-order chi connectivity index (χ1) is 8.84. The van der Waals surface area contributed by atoms with Crippen LogP contribution in [-0.4, -0.2) is 36.7 Å². The van der Waals surface area contributed by atoms with E-state index in [4.69, 9.17) is 0 Å². The monoisotopic (exact) mass is 265 g/mol. The molecule has 1 amide bonds. The predicted octanol–water partition coefficient (Wildman–Crippen LogP) is 2.07. The quantitative estimate of drug-likeness (QED) is 0.669. The highest BCUT2D eigenvalue weighted by atomic mass is 32.1. The Labute approximate surface area is 112 Å². The van der Waals surface area contributed by atoms with E-state index in [1.54, 1.807) is 17.6 Å². The van der Waals surface area contributed by atoms with Gasteiger partial charge in [-0.15, -0.1) is 0 Å². The summed E-state index contributed by atoms with van der Waals surface area (Å²) in [5, 5.41) is 7.94. The van der Waals surface area contributed by atoms with Crippen LogP contribution < -0.4 is 5.43 Å². The topological polar surface area (TPSA) is 44.7 Å². The van der Waals surface area contributed by atoms with Gasteiger partial charge in [0.2, 0.25) is 0 Å². The zero-order valence-corrected chi connectivity index (χ0v) is 11.3.